The van der Waals surface area contributed by atoms with Crippen molar-refractivity contribution in [3.05, 3.63) is 50.2 Å². The third-order valence-electron chi connectivity index (χ3n) is 5.36. The number of aromatic nitrogens is 2. The zero-order valence-electron chi connectivity index (χ0n) is 21.7. The van der Waals surface area contributed by atoms with E-state index in [0.29, 0.717) is 5.75 Å². The van der Waals surface area contributed by atoms with Crippen LogP contribution < -0.4 is 26.6 Å². The van der Waals surface area contributed by atoms with Crippen molar-refractivity contribution in [1.82, 2.24) is 14.5 Å². The number of ether oxygens (including phenoxy) is 1. The number of amides is 2. The Bertz CT molecular complexity index is 1180. The Morgan fingerprint density at radius 3 is 2.31 bits per heavy atom. The third kappa shape index (κ3) is 7.21. The lowest BCUT2D eigenvalue weighted by Gasteiger charge is -2.28. The van der Waals surface area contributed by atoms with Crippen LogP contribution >= 0.6 is 0 Å². The van der Waals surface area contributed by atoms with Gasteiger partial charge in [-0.3, -0.25) is 23.9 Å². The molecule has 0 aliphatic heterocycles. The van der Waals surface area contributed by atoms with Crippen LogP contribution in [0.5, 0.6) is 5.75 Å². The van der Waals surface area contributed by atoms with Gasteiger partial charge in [0.1, 0.15) is 11.6 Å². The van der Waals surface area contributed by atoms with Gasteiger partial charge in [-0.25, -0.2) is 4.79 Å². The molecule has 35 heavy (non-hydrogen) atoms. The molecule has 10 heteroatoms. The van der Waals surface area contributed by atoms with Crippen molar-refractivity contribution in [3.8, 4) is 5.75 Å². The molecule has 0 fully saturated rings. The maximum absolute atomic E-state index is 13.3. The molecule has 0 unspecified atom stereocenters. The summed E-state index contributed by atoms with van der Waals surface area (Å²) in [6, 6.07) is 5.65. The lowest BCUT2D eigenvalue weighted by atomic mass is 10.1. The predicted molar refractivity (Wildman–Crippen MR) is 137 cm³/mol. The Morgan fingerprint density at radius 1 is 1.09 bits per heavy atom. The number of carbonyl (C=O) groups excluding carboxylic acids is 2. The first kappa shape index (κ1) is 27.7. The fraction of sp³-hybridized carbons (Fsp3) is 0.520. The smallest absolute Gasteiger partial charge is 0.330 e. The molecule has 2 rings (SSSR count). The molecule has 0 saturated heterocycles. The zero-order valence-corrected chi connectivity index (χ0v) is 21.7. The highest BCUT2D eigenvalue weighted by Gasteiger charge is 2.27. The average Bonchev–Trinajstić information content (AvgIpc) is 2.74. The molecular formula is C25H37N5O5. The van der Waals surface area contributed by atoms with Crippen LogP contribution in [0, 0.1) is 25.7 Å². The van der Waals surface area contributed by atoms with E-state index in [4.69, 9.17) is 10.5 Å². The number of hydrogen-bond donors (Lipinski definition) is 2. The third-order valence-corrected chi connectivity index (χ3v) is 5.36. The minimum atomic E-state index is -0.742. The summed E-state index contributed by atoms with van der Waals surface area (Å²) in [7, 11) is 1.49. The van der Waals surface area contributed by atoms with Gasteiger partial charge in [0.2, 0.25) is 5.91 Å². The number of nitrogens with two attached hydrogens (primary N) is 1. The van der Waals surface area contributed by atoms with Crippen LogP contribution in [0.25, 0.3) is 0 Å². The highest BCUT2D eigenvalue weighted by atomic mass is 16.5. The number of benzene rings is 1. The van der Waals surface area contributed by atoms with Crippen molar-refractivity contribution in [2.45, 2.75) is 48.1 Å². The topological polar surface area (TPSA) is 131 Å². The molecule has 1 aromatic heterocycles. The average molecular weight is 488 g/mol. The molecule has 3 N–H and O–H groups in total. The zero-order chi connectivity index (χ0) is 26.4. The second-order valence-corrected chi connectivity index (χ2v) is 9.70. The van der Waals surface area contributed by atoms with Gasteiger partial charge in [-0.05, 0) is 37.3 Å². The SMILES string of the molecule is Cc1ccc(OCC(=O)N(C)CC(=O)N(CC(C)C)c2c(N)n(CC(C)C)c(=O)[nH]c2=O)c(C)c1. The molecule has 0 saturated carbocycles. The van der Waals surface area contributed by atoms with E-state index >= 15 is 0 Å². The minimum absolute atomic E-state index is 0.00270. The van der Waals surface area contributed by atoms with Crippen LogP contribution in [-0.4, -0.2) is 53.0 Å². The first-order chi connectivity index (χ1) is 16.3. The van der Waals surface area contributed by atoms with Gasteiger partial charge in [0, 0.05) is 20.1 Å². The number of aryl methyl sites for hydroxylation is 2. The maximum atomic E-state index is 13.3. The van der Waals surface area contributed by atoms with Crippen molar-refractivity contribution in [3.63, 3.8) is 0 Å². The van der Waals surface area contributed by atoms with E-state index in [9.17, 15) is 19.2 Å². The molecule has 0 radical (unpaired) electrons. The Kier molecular flexibility index (Phi) is 9.27. The summed E-state index contributed by atoms with van der Waals surface area (Å²) in [5.74, 6) is -0.283. The van der Waals surface area contributed by atoms with Crippen LogP contribution in [0.1, 0.15) is 38.8 Å². The van der Waals surface area contributed by atoms with E-state index in [1.807, 2.05) is 53.7 Å². The summed E-state index contributed by atoms with van der Waals surface area (Å²) in [6.07, 6.45) is 0. The van der Waals surface area contributed by atoms with Crippen LogP contribution in [0.3, 0.4) is 0 Å². The number of hydrogen-bond acceptors (Lipinski definition) is 6. The van der Waals surface area contributed by atoms with Gasteiger partial charge in [0.05, 0.1) is 6.54 Å². The molecule has 2 aromatic rings. The summed E-state index contributed by atoms with van der Waals surface area (Å²) in [5, 5.41) is 0. The molecule has 2 amide bonds. The minimum Gasteiger partial charge on any atom is -0.484 e. The second-order valence-electron chi connectivity index (χ2n) is 9.70. The molecule has 0 spiro atoms. The standard InChI is InChI=1S/C25H37N5O5/c1-15(2)11-29(22-23(26)30(12-16(3)4)25(34)27-24(22)33)20(31)13-28(7)21(32)14-35-19-9-8-17(5)10-18(19)6/h8-10,15-16H,11-14,26H2,1-7H3,(H,27,33,34). The second kappa shape index (κ2) is 11.7. The Hall–Kier alpha value is -3.56. The van der Waals surface area contributed by atoms with Crippen LogP contribution in [-0.2, 0) is 16.1 Å². The van der Waals surface area contributed by atoms with Crippen LogP contribution in [0.15, 0.2) is 27.8 Å². The van der Waals surface area contributed by atoms with Crippen molar-refractivity contribution >= 4 is 23.3 Å². The molecule has 192 valence electrons. The molecular weight excluding hydrogens is 450 g/mol. The largest absolute Gasteiger partial charge is 0.484 e. The highest BCUT2D eigenvalue weighted by molar-refractivity contribution is 5.98. The molecule has 0 aliphatic carbocycles. The van der Waals surface area contributed by atoms with E-state index < -0.39 is 23.1 Å². The summed E-state index contributed by atoms with van der Waals surface area (Å²) < 4.78 is 6.90. The Balaban J connectivity index is 2.25. The maximum Gasteiger partial charge on any atom is 0.330 e. The normalized spacial score (nSPS) is 11.1. The van der Waals surface area contributed by atoms with Gasteiger partial charge >= 0.3 is 5.69 Å². The van der Waals surface area contributed by atoms with Crippen molar-refractivity contribution in [2.75, 3.05) is 37.4 Å². The Morgan fingerprint density at radius 2 is 1.74 bits per heavy atom. The lowest BCUT2D eigenvalue weighted by Crippen LogP contribution is -2.47. The monoisotopic (exact) mass is 487 g/mol. The van der Waals surface area contributed by atoms with Gasteiger partial charge in [0.15, 0.2) is 12.3 Å². The molecule has 0 atom stereocenters. The van der Waals surface area contributed by atoms with E-state index in [1.54, 1.807) is 6.07 Å². The molecule has 1 aromatic carbocycles. The van der Waals surface area contributed by atoms with E-state index in [-0.39, 0.29) is 49.6 Å². The Labute approximate surface area is 205 Å². The number of H-pyrrole nitrogens is 1. The lowest BCUT2D eigenvalue weighted by molar-refractivity contribution is -0.135. The van der Waals surface area contributed by atoms with E-state index in [2.05, 4.69) is 4.98 Å². The number of carbonyl (C=O) groups is 2. The summed E-state index contributed by atoms with van der Waals surface area (Å²) in [4.78, 5) is 55.7. The number of likely N-dealkylation sites (N-methyl/N-ethyl adjacent to an activating group) is 1. The molecule has 10 nitrogen and oxygen atoms in total. The van der Waals surface area contributed by atoms with Gasteiger partial charge < -0.3 is 20.3 Å². The first-order valence-corrected chi connectivity index (χ1v) is 11.7. The number of aromatic amines is 1. The van der Waals surface area contributed by atoms with E-state index in [0.717, 1.165) is 11.1 Å². The predicted octanol–water partition coefficient (Wildman–Crippen LogP) is 1.92. The van der Waals surface area contributed by atoms with Crippen LogP contribution in [0.2, 0.25) is 0 Å². The van der Waals surface area contributed by atoms with Gasteiger partial charge in [-0.2, -0.15) is 0 Å². The fourth-order valence-electron chi connectivity index (χ4n) is 3.65. The van der Waals surface area contributed by atoms with Crippen molar-refractivity contribution in [1.29, 1.82) is 0 Å². The summed E-state index contributed by atoms with van der Waals surface area (Å²) in [5.41, 5.74) is 6.76. The number of rotatable bonds is 10. The van der Waals surface area contributed by atoms with Gasteiger partial charge in [-0.15, -0.1) is 0 Å². The van der Waals surface area contributed by atoms with Crippen LogP contribution in [0.4, 0.5) is 11.5 Å². The molecule has 0 aliphatic rings. The summed E-state index contributed by atoms with van der Waals surface area (Å²) in [6.45, 7) is 11.4. The highest BCUT2D eigenvalue weighted by Crippen LogP contribution is 2.20. The quantitative estimate of drug-likeness (QED) is 0.526. The molecule has 1 heterocycles. The van der Waals surface area contributed by atoms with E-state index in [1.165, 1.54) is 21.4 Å². The number of nitrogens with one attached hydrogen (secondary N) is 1. The fourth-order valence-corrected chi connectivity index (χ4v) is 3.65. The number of nitrogen functional groups attached to an aromatic ring is 1. The summed E-state index contributed by atoms with van der Waals surface area (Å²) >= 11 is 0. The number of nitrogens with zero attached hydrogens (tertiary/aromatic N) is 3. The van der Waals surface area contributed by atoms with Gasteiger partial charge in [0.25, 0.3) is 11.5 Å². The van der Waals surface area contributed by atoms with Crippen molar-refractivity contribution in [2.24, 2.45) is 11.8 Å². The number of anilines is 2. The van der Waals surface area contributed by atoms with Gasteiger partial charge in [-0.1, -0.05) is 45.4 Å². The first-order valence-electron chi connectivity index (χ1n) is 11.7. The van der Waals surface area contributed by atoms with Crippen molar-refractivity contribution < 1.29 is 14.3 Å². The molecule has 0 bridgehead atoms.